The van der Waals surface area contributed by atoms with Crippen LogP contribution in [0.3, 0.4) is 0 Å². The molecule has 0 saturated heterocycles. The van der Waals surface area contributed by atoms with Crippen LogP contribution in [-0.2, 0) is 4.79 Å². The van der Waals surface area contributed by atoms with Gasteiger partial charge in [0.25, 0.3) is 0 Å². The van der Waals surface area contributed by atoms with E-state index in [2.05, 4.69) is 13.8 Å². The summed E-state index contributed by atoms with van der Waals surface area (Å²) < 4.78 is 0. The molecule has 1 rings (SSSR count). The van der Waals surface area contributed by atoms with Crippen molar-refractivity contribution in [2.24, 2.45) is 11.7 Å². The molecule has 0 bridgehead atoms. The van der Waals surface area contributed by atoms with Gasteiger partial charge in [-0.05, 0) is 18.8 Å². The van der Waals surface area contributed by atoms with E-state index in [0.29, 0.717) is 5.92 Å². The molecule has 1 amide bonds. The number of carbonyl (C=O) groups is 1. The fourth-order valence-electron chi connectivity index (χ4n) is 1.55. The highest BCUT2D eigenvalue weighted by molar-refractivity contribution is 5.94. The third-order valence-corrected chi connectivity index (χ3v) is 2.17. The highest BCUT2D eigenvalue weighted by Crippen LogP contribution is 2.35. The summed E-state index contributed by atoms with van der Waals surface area (Å²) >= 11 is 0. The van der Waals surface area contributed by atoms with Gasteiger partial charge in [-0.3, -0.25) is 4.79 Å². The number of hydrogen-bond donors (Lipinski definition) is 1. The fourth-order valence-corrected chi connectivity index (χ4v) is 1.55. The van der Waals surface area contributed by atoms with Gasteiger partial charge in [-0.2, -0.15) is 0 Å². The van der Waals surface area contributed by atoms with Crippen LogP contribution in [0.2, 0.25) is 0 Å². The van der Waals surface area contributed by atoms with Crippen LogP contribution in [-0.4, -0.2) is 5.91 Å². The molecule has 0 aromatic heterocycles. The Labute approximate surface area is 61.1 Å². The topological polar surface area (TPSA) is 43.1 Å². The first kappa shape index (κ1) is 7.32. The molecule has 0 aromatic carbocycles. The molecule has 2 nitrogen and oxygen atoms in total. The minimum atomic E-state index is -0.227. The van der Waals surface area contributed by atoms with Gasteiger partial charge in [0.1, 0.15) is 0 Å². The molecule has 0 aromatic rings. The first-order valence-electron chi connectivity index (χ1n) is 3.68. The van der Waals surface area contributed by atoms with E-state index in [0.717, 1.165) is 18.4 Å². The lowest BCUT2D eigenvalue weighted by atomic mass is 9.77. The zero-order valence-electron chi connectivity index (χ0n) is 6.48. The monoisotopic (exact) mass is 139 g/mol. The summed E-state index contributed by atoms with van der Waals surface area (Å²) in [6.45, 7) is 4.19. The van der Waals surface area contributed by atoms with Crippen LogP contribution < -0.4 is 5.73 Å². The molecular weight excluding hydrogens is 126 g/mol. The molecule has 0 fully saturated rings. The zero-order chi connectivity index (χ0) is 7.72. The molecule has 0 heterocycles. The van der Waals surface area contributed by atoms with Crippen molar-refractivity contribution in [2.75, 3.05) is 0 Å². The molecule has 1 aliphatic carbocycles. The number of nitrogens with two attached hydrogens (primary N) is 1. The summed E-state index contributed by atoms with van der Waals surface area (Å²) in [4.78, 5) is 10.7. The van der Waals surface area contributed by atoms with Crippen LogP contribution in [0.25, 0.3) is 0 Å². The lowest BCUT2D eigenvalue weighted by Gasteiger charge is -2.28. The Morgan fingerprint density at radius 1 is 1.80 bits per heavy atom. The van der Waals surface area contributed by atoms with Crippen molar-refractivity contribution >= 4 is 5.91 Å². The van der Waals surface area contributed by atoms with E-state index in [4.69, 9.17) is 5.73 Å². The van der Waals surface area contributed by atoms with Crippen molar-refractivity contribution in [1.29, 1.82) is 0 Å². The minimum absolute atomic E-state index is 0.227. The number of amides is 1. The van der Waals surface area contributed by atoms with Crippen LogP contribution in [0, 0.1) is 5.92 Å². The predicted molar refractivity (Wildman–Crippen MR) is 40.3 cm³/mol. The van der Waals surface area contributed by atoms with Gasteiger partial charge in [0, 0.05) is 5.57 Å². The molecule has 0 spiro atoms. The second-order valence-corrected chi connectivity index (χ2v) is 2.83. The Morgan fingerprint density at radius 2 is 2.40 bits per heavy atom. The number of hydrogen-bond acceptors (Lipinski definition) is 1. The van der Waals surface area contributed by atoms with Crippen LogP contribution in [0.4, 0.5) is 0 Å². The Bertz CT molecular complexity index is 193. The van der Waals surface area contributed by atoms with Crippen LogP contribution in [0.1, 0.15) is 26.7 Å². The number of allylic oxidation sites excluding steroid dienone is 1. The van der Waals surface area contributed by atoms with Crippen molar-refractivity contribution < 1.29 is 4.79 Å². The molecule has 0 saturated carbocycles. The quantitative estimate of drug-likeness (QED) is 0.614. The first-order chi connectivity index (χ1) is 4.66. The van der Waals surface area contributed by atoms with Gasteiger partial charge in [-0.25, -0.2) is 0 Å². The second-order valence-electron chi connectivity index (χ2n) is 2.83. The molecule has 1 aliphatic rings. The Kier molecular flexibility index (Phi) is 1.79. The maximum atomic E-state index is 10.7. The van der Waals surface area contributed by atoms with E-state index in [1.165, 1.54) is 5.57 Å². The van der Waals surface area contributed by atoms with E-state index >= 15 is 0 Å². The summed E-state index contributed by atoms with van der Waals surface area (Å²) in [5, 5.41) is 0. The molecule has 1 atom stereocenters. The van der Waals surface area contributed by atoms with Crippen molar-refractivity contribution in [1.82, 2.24) is 0 Å². The highest BCUT2D eigenvalue weighted by Gasteiger charge is 2.26. The largest absolute Gasteiger partial charge is 0.366 e. The van der Waals surface area contributed by atoms with Crippen molar-refractivity contribution in [3.8, 4) is 0 Å². The average molecular weight is 139 g/mol. The summed E-state index contributed by atoms with van der Waals surface area (Å²) in [5.74, 6) is 0.363. The van der Waals surface area contributed by atoms with E-state index in [-0.39, 0.29) is 5.91 Å². The average Bonchev–Trinajstić information content (AvgIpc) is 1.83. The summed E-state index contributed by atoms with van der Waals surface area (Å²) in [6.07, 6.45) is 1.86. The maximum Gasteiger partial charge on any atom is 0.244 e. The van der Waals surface area contributed by atoms with Crippen LogP contribution in [0.15, 0.2) is 11.1 Å². The van der Waals surface area contributed by atoms with Crippen molar-refractivity contribution in [3.05, 3.63) is 11.1 Å². The zero-order valence-corrected chi connectivity index (χ0v) is 6.48. The lowest BCUT2D eigenvalue weighted by molar-refractivity contribution is -0.115. The van der Waals surface area contributed by atoms with E-state index in [9.17, 15) is 4.79 Å². The van der Waals surface area contributed by atoms with Gasteiger partial charge in [0.05, 0.1) is 0 Å². The molecule has 56 valence electrons. The predicted octanol–water partition coefficient (Wildman–Crippen LogP) is 1.22. The van der Waals surface area contributed by atoms with Gasteiger partial charge in [0.2, 0.25) is 5.91 Å². The lowest BCUT2D eigenvalue weighted by Crippen LogP contribution is -2.26. The van der Waals surface area contributed by atoms with E-state index in [1.807, 2.05) is 0 Å². The molecule has 2 heteroatoms. The summed E-state index contributed by atoms with van der Waals surface area (Å²) in [6, 6.07) is 0. The molecule has 1 unspecified atom stereocenters. The van der Waals surface area contributed by atoms with Gasteiger partial charge in [-0.1, -0.05) is 19.4 Å². The van der Waals surface area contributed by atoms with E-state index in [1.54, 1.807) is 0 Å². The van der Waals surface area contributed by atoms with Crippen LogP contribution in [0.5, 0.6) is 0 Å². The van der Waals surface area contributed by atoms with Crippen LogP contribution >= 0.6 is 0 Å². The third-order valence-electron chi connectivity index (χ3n) is 2.17. The fraction of sp³-hybridized carbons (Fsp3) is 0.625. The Balaban J connectivity index is 2.77. The third kappa shape index (κ3) is 0.939. The Hall–Kier alpha value is -0.790. The number of primary amides is 1. The van der Waals surface area contributed by atoms with Crippen molar-refractivity contribution in [3.63, 3.8) is 0 Å². The summed E-state index contributed by atoms with van der Waals surface area (Å²) in [7, 11) is 0. The maximum absolute atomic E-state index is 10.7. The Morgan fingerprint density at radius 3 is 2.60 bits per heavy atom. The second kappa shape index (κ2) is 2.45. The summed E-state index contributed by atoms with van der Waals surface area (Å²) in [5.41, 5.74) is 7.26. The van der Waals surface area contributed by atoms with Gasteiger partial charge < -0.3 is 5.73 Å². The molecule has 10 heavy (non-hydrogen) atoms. The number of rotatable bonds is 2. The van der Waals surface area contributed by atoms with Crippen molar-refractivity contribution in [2.45, 2.75) is 26.7 Å². The minimum Gasteiger partial charge on any atom is -0.366 e. The highest BCUT2D eigenvalue weighted by atomic mass is 16.1. The number of carbonyl (C=O) groups excluding carboxylic acids is 1. The molecular formula is C8H13NO. The van der Waals surface area contributed by atoms with Gasteiger partial charge >= 0.3 is 0 Å². The van der Waals surface area contributed by atoms with Gasteiger partial charge in [0.15, 0.2) is 0 Å². The normalized spacial score (nSPS) is 24.4. The first-order valence-corrected chi connectivity index (χ1v) is 3.68. The SMILES string of the molecule is CCC1=C(C(N)=O)CC1C. The molecule has 0 aliphatic heterocycles. The standard InChI is InChI=1S/C8H13NO/c1-3-6-5(2)4-7(6)8(9)10/h5H,3-4H2,1-2H3,(H2,9,10). The van der Waals surface area contributed by atoms with E-state index < -0.39 is 0 Å². The molecule has 2 N–H and O–H groups in total. The molecule has 0 radical (unpaired) electrons. The van der Waals surface area contributed by atoms with Gasteiger partial charge in [-0.15, -0.1) is 0 Å². The smallest absolute Gasteiger partial charge is 0.244 e.